The minimum absolute atomic E-state index is 0.188. The van der Waals surface area contributed by atoms with E-state index in [1.54, 1.807) is 0 Å². The molecule has 3 heteroatoms. The van der Waals surface area contributed by atoms with Gasteiger partial charge in [-0.15, -0.1) is 0 Å². The maximum absolute atomic E-state index is 9.72. The van der Waals surface area contributed by atoms with Gasteiger partial charge in [0.05, 0.1) is 6.61 Å². The molecule has 0 aliphatic carbocycles. The summed E-state index contributed by atoms with van der Waals surface area (Å²) in [6.45, 7) is 7.91. The number of ether oxygens (including phenoxy) is 1. The third kappa shape index (κ3) is 5.36. The SMILES string of the molecule is CCOc1cccc(C(C)NCC(CO)Cc2ccccc2C)c1. The summed E-state index contributed by atoms with van der Waals surface area (Å²) in [5, 5.41) is 13.3. The highest BCUT2D eigenvalue weighted by Gasteiger charge is 2.13. The Hall–Kier alpha value is -1.84. The van der Waals surface area contributed by atoms with Gasteiger partial charge in [-0.1, -0.05) is 36.4 Å². The van der Waals surface area contributed by atoms with Crippen LogP contribution in [-0.4, -0.2) is 24.9 Å². The molecule has 0 aliphatic rings. The van der Waals surface area contributed by atoms with Gasteiger partial charge in [0, 0.05) is 19.2 Å². The first kappa shape index (κ1) is 18.5. The Kier molecular flexibility index (Phi) is 7.29. The molecule has 0 amide bonds. The Morgan fingerprint density at radius 1 is 1.12 bits per heavy atom. The molecule has 2 atom stereocenters. The topological polar surface area (TPSA) is 41.5 Å². The largest absolute Gasteiger partial charge is 0.494 e. The lowest BCUT2D eigenvalue weighted by Crippen LogP contribution is -2.29. The van der Waals surface area contributed by atoms with Crippen LogP contribution in [0.3, 0.4) is 0 Å². The molecule has 0 saturated carbocycles. The third-order valence-corrected chi connectivity index (χ3v) is 4.41. The average molecular weight is 327 g/mol. The smallest absolute Gasteiger partial charge is 0.119 e. The molecule has 130 valence electrons. The number of aliphatic hydroxyl groups is 1. The number of aryl methyl sites for hydroxylation is 1. The van der Waals surface area contributed by atoms with Gasteiger partial charge in [0.2, 0.25) is 0 Å². The molecule has 0 fully saturated rings. The standard InChI is InChI=1S/C21H29NO2/c1-4-24-21-11-7-10-20(13-21)17(3)22-14-18(15-23)12-19-9-6-5-8-16(19)2/h5-11,13,17-18,22-23H,4,12,14-15H2,1-3H3. The van der Waals surface area contributed by atoms with E-state index >= 15 is 0 Å². The van der Waals surface area contributed by atoms with Crippen LogP contribution in [0.1, 0.15) is 36.6 Å². The first-order valence-electron chi connectivity index (χ1n) is 8.75. The zero-order chi connectivity index (χ0) is 17.4. The van der Waals surface area contributed by atoms with Crippen molar-refractivity contribution in [1.82, 2.24) is 5.32 Å². The molecule has 24 heavy (non-hydrogen) atoms. The van der Waals surface area contributed by atoms with Crippen molar-refractivity contribution < 1.29 is 9.84 Å². The van der Waals surface area contributed by atoms with Crippen LogP contribution in [0.4, 0.5) is 0 Å². The lowest BCUT2D eigenvalue weighted by Gasteiger charge is -2.21. The first-order chi connectivity index (χ1) is 11.6. The van der Waals surface area contributed by atoms with Crippen LogP contribution in [0, 0.1) is 12.8 Å². The van der Waals surface area contributed by atoms with E-state index in [0.29, 0.717) is 6.61 Å². The van der Waals surface area contributed by atoms with Crippen molar-refractivity contribution >= 4 is 0 Å². The Labute approximate surface area is 145 Å². The van der Waals surface area contributed by atoms with Gasteiger partial charge in [0.25, 0.3) is 0 Å². The first-order valence-corrected chi connectivity index (χ1v) is 8.75. The second kappa shape index (κ2) is 9.45. The number of rotatable bonds is 9. The van der Waals surface area contributed by atoms with Gasteiger partial charge in [0.1, 0.15) is 5.75 Å². The molecular weight excluding hydrogens is 298 g/mol. The Morgan fingerprint density at radius 3 is 2.62 bits per heavy atom. The second-order valence-electron chi connectivity index (χ2n) is 6.31. The highest BCUT2D eigenvalue weighted by molar-refractivity contribution is 5.30. The maximum atomic E-state index is 9.72. The zero-order valence-corrected chi connectivity index (χ0v) is 15.0. The van der Waals surface area contributed by atoms with E-state index in [4.69, 9.17) is 4.74 Å². The maximum Gasteiger partial charge on any atom is 0.119 e. The predicted octanol–water partition coefficient (Wildman–Crippen LogP) is 3.90. The van der Waals surface area contributed by atoms with E-state index in [1.807, 2.05) is 19.1 Å². The molecule has 0 aliphatic heterocycles. The zero-order valence-electron chi connectivity index (χ0n) is 15.0. The second-order valence-corrected chi connectivity index (χ2v) is 6.31. The molecule has 3 nitrogen and oxygen atoms in total. The van der Waals surface area contributed by atoms with Gasteiger partial charge < -0.3 is 15.2 Å². The van der Waals surface area contributed by atoms with Crippen molar-refractivity contribution in [3.05, 3.63) is 65.2 Å². The van der Waals surface area contributed by atoms with Crippen molar-refractivity contribution in [2.45, 2.75) is 33.2 Å². The molecule has 2 aromatic rings. The lowest BCUT2D eigenvalue weighted by atomic mass is 9.96. The Bertz CT molecular complexity index is 627. The fraction of sp³-hybridized carbons (Fsp3) is 0.429. The molecule has 0 bridgehead atoms. The normalized spacial score (nSPS) is 13.5. The number of benzene rings is 2. The van der Waals surface area contributed by atoms with Crippen molar-refractivity contribution in [2.75, 3.05) is 19.8 Å². The van der Waals surface area contributed by atoms with Crippen LogP contribution in [0.5, 0.6) is 5.75 Å². The highest BCUT2D eigenvalue weighted by atomic mass is 16.5. The van der Waals surface area contributed by atoms with E-state index in [9.17, 15) is 5.11 Å². The summed E-state index contributed by atoms with van der Waals surface area (Å²) >= 11 is 0. The van der Waals surface area contributed by atoms with E-state index < -0.39 is 0 Å². The molecular formula is C21H29NO2. The minimum Gasteiger partial charge on any atom is -0.494 e. The number of aliphatic hydroxyl groups excluding tert-OH is 1. The van der Waals surface area contributed by atoms with Gasteiger partial charge in [-0.25, -0.2) is 0 Å². The molecule has 2 N–H and O–H groups in total. The van der Waals surface area contributed by atoms with Gasteiger partial charge in [-0.05, 0) is 61.9 Å². The Balaban J connectivity index is 1.92. The molecule has 2 aromatic carbocycles. The van der Waals surface area contributed by atoms with E-state index in [1.165, 1.54) is 16.7 Å². The van der Waals surface area contributed by atoms with Crippen molar-refractivity contribution in [3.8, 4) is 5.75 Å². The Morgan fingerprint density at radius 2 is 1.92 bits per heavy atom. The number of hydrogen-bond acceptors (Lipinski definition) is 3. The third-order valence-electron chi connectivity index (χ3n) is 4.41. The number of nitrogens with one attached hydrogen (secondary N) is 1. The summed E-state index contributed by atoms with van der Waals surface area (Å²) in [6, 6.07) is 16.8. The summed E-state index contributed by atoms with van der Waals surface area (Å²) in [5.74, 6) is 1.12. The van der Waals surface area contributed by atoms with Crippen LogP contribution in [0.15, 0.2) is 48.5 Å². The molecule has 2 unspecified atom stereocenters. The van der Waals surface area contributed by atoms with Crippen molar-refractivity contribution in [3.63, 3.8) is 0 Å². The van der Waals surface area contributed by atoms with E-state index in [2.05, 4.69) is 55.6 Å². The summed E-state index contributed by atoms with van der Waals surface area (Å²) in [4.78, 5) is 0. The van der Waals surface area contributed by atoms with Crippen molar-refractivity contribution in [1.29, 1.82) is 0 Å². The summed E-state index contributed by atoms with van der Waals surface area (Å²) in [7, 11) is 0. The summed E-state index contributed by atoms with van der Waals surface area (Å²) < 4.78 is 5.57. The van der Waals surface area contributed by atoms with Gasteiger partial charge in [-0.3, -0.25) is 0 Å². The van der Waals surface area contributed by atoms with E-state index in [-0.39, 0.29) is 18.6 Å². The lowest BCUT2D eigenvalue weighted by molar-refractivity contribution is 0.218. The van der Waals surface area contributed by atoms with Crippen LogP contribution in [0.2, 0.25) is 0 Å². The van der Waals surface area contributed by atoms with Crippen LogP contribution in [0.25, 0.3) is 0 Å². The molecule has 0 heterocycles. The average Bonchev–Trinajstić information content (AvgIpc) is 2.60. The number of hydrogen-bond donors (Lipinski definition) is 2. The van der Waals surface area contributed by atoms with Gasteiger partial charge in [0.15, 0.2) is 0 Å². The highest BCUT2D eigenvalue weighted by Crippen LogP contribution is 2.20. The van der Waals surface area contributed by atoms with Crippen LogP contribution >= 0.6 is 0 Å². The molecule has 0 radical (unpaired) electrons. The van der Waals surface area contributed by atoms with Crippen molar-refractivity contribution in [2.24, 2.45) is 5.92 Å². The molecule has 0 aromatic heterocycles. The quantitative estimate of drug-likeness (QED) is 0.734. The minimum atomic E-state index is 0.188. The van der Waals surface area contributed by atoms with Crippen LogP contribution in [-0.2, 0) is 6.42 Å². The van der Waals surface area contributed by atoms with E-state index in [0.717, 1.165) is 18.7 Å². The van der Waals surface area contributed by atoms with Gasteiger partial charge >= 0.3 is 0 Å². The molecule has 0 spiro atoms. The molecule has 2 rings (SSSR count). The van der Waals surface area contributed by atoms with Gasteiger partial charge in [-0.2, -0.15) is 0 Å². The van der Waals surface area contributed by atoms with Crippen LogP contribution < -0.4 is 10.1 Å². The summed E-state index contributed by atoms with van der Waals surface area (Å²) in [6.07, 6.45) is 0.891. The fourth-order valence-corrected chi connectivity index (χ4v) is 2.85. The predicted molar refractivity (Wildman–Crippen MR) is 99.5 cm³/mol. The summed E-state index contributed by atoms with van der Waals surface area (Å²) in [5.41, 5.74) is 3.80. The monoisotopic (exact) mass is 327 g/mol. The molecule has 0 saturated heterocycles. The fourth-order valence-electron chi connectivity index (χ4n) is 2.85.